The van der Waals surface area contributed by atoms with Gasteiger partial charge in [0.2, 0.25) is 23.5 Å². The number of nitrogens with one attached hydrogen (secondary N) is 4. The molecule has 3 aliphatic rings. The lowest BCUT2D eigenvalue weighted by Gasteiger charge is -2.34. The number of ether oxygens (including phenoxy) is 2. The number of aromatic nitrogens is 2. The van der Waals surface area contributed by atoms with Crippen molar-refractivity contribution in [3.05, 3.63) is 24.3 Å². The molecule has 1 aliphatic heterocycles. The molecule has 2 saturated carbocycles. The SMILES string of the molecule is CCC(NC(=O)[C@@H]1[C@H]2CC[C@@H](OCOC)[C@H]2CN1C(=O)[C@@H](NC(=O)[C@@H](NC(=O)c1cnccn1)C(C)C)C(C)C)C(=O)C(=O)NC1CC1. The number of Topliss-reactive ketones (excluding diaryl/α,β-unsaturated/α-hetero) is 1. The van der Waals surface area contributed by atoms with Gasteiger partial charge in [0.05, 0.1) is 18.3 Å². The Labute approximate surface area is 281 Å². The van der Waals surface area contributed by atoms with Gasteiger partial charge in [0.1, 0.15) is 30.6 Å². The van der Waals surface area contributed by atoms with E-state index in [1.165, 1.54) is 30.6 Å². The van der Waals surface area contributed by atoms with E-state index in [2.05, 4.69) is 31.2 Å². The molecule has 0 bridgehead atoms. The molecule has 264 valence electrons. The lowest BCUT2D eigenvalue weighted by molar-refractivity contribution is -0.145. The Morgan fingerprint density at radius 2 is 1.62 bits per heavy atom. The molecule has 0 spiro atoms. The largest absolute Gasteiger partial charge is 0.359 e. The van der Waals surface area contributed by atoms with Gasteiger partial charge < -0.3 is 35.6 Å². The Hall–Kier alpha value is -3.98. The van der Waals surface area contributed by atoms with Crippen LogP contribution in [0, 0.1) is 23.7 Å². The Kier molecular flexibility index (Phi) is 12.6. The fourth-order valence-corrected chi connectivity index (χ4v) is 6.56. The van der Waals surface area contributed by atoms with Gasteiger partial charge in [-0.25, -0.2) is 4.98 Å². The Morgan fingerprint density at radius 1 is 0.917 bits per heavy atom. The van der Waals surface area contributed by atoms with E-state index in [-0.39, 0.29) is 61.3 Å². The number of amides is 5. The maximum Gasteiger partial charge on any atom is 0.289 e. The second kappa shape index (κ2) is 16.4. The van der Waals surface area contributed by atoms with Crippen LogP contribution in [-0.2, 0) is 33.4 Å². The number of carbonyl (C=O) groups excluding carboxylic acids is 6. The van der Waals surface area contributed by atoms with E-state index in [9.17, 15) is 28.8 Å². The van der Waals surface area contributed by atoms with Gasteiger partial charge in [0.25, 0.3) is 11.8 Å². The number of hydrogen-bond acceptors (Lipinski definition) is 10. The second-order valence-electron chi connectivity index (χ2n) is 13.5. The zero-order valence-corrected chi connectivity index (χ0v) is 28.6. The summed E-state index contributed by atoms with van der Waals surface area (Å²) in [6.07, 6.45) is 6.92. The molecule has 15 nitrogen and oxygen atoms in total. The predicted molar refractivity (Wildman–Crippen MR) is 172 cm³/mol. The summed E-state index contributed by atoms with van der Waals surface area (Å²) in [5.41, 5.74) is 0.0454. The quantitative estimate of drug-likeness (QED) is 0.140. The monoisotopic (exact) mass is 671 g/mol. The van der Waals surface area contributed by atoms with Gasteiger partial charge in [-0.3, -0.25) is 33.8 Å². The molecule has 15 heteroatoms. The van der Waals surface area contributed by atoms with E-state index >= 15 is 0 Å². The van der Waals surface area contributed by atoms with E-state index in [0.717, 1.165) is 12.8 Å². The maximum atomic E-state index is 14.4. The summed E-state index contributed by atoms with van der Waals surface area (Å²) in [5, 5.41) is 11.0. The van der Waals surface area contributed by atoms with Crippen LogP contribution in [-0.4, -0.2) is 107 Å². The number of fused-ring (bicyclic) bond motifs is 1. The van der Waals surface area contributed by atoms with Crippen molar-refractivity contribution in [2.45, 2.75) is 103 Å². The highest BCUT2D eigenvalue weighted by Crippen LogP contribution is 2.44. The third kappa shape index (κ3) is 8.73. The molecule has 7 atom stereocenters. The van der Waals surface area contributed by atoms with E-state index in [1.807, 2.05) is 0 Å². The first-order valence-electron chi connectivity index (χ1n) is 16.8. The minimum Gasteiger partial charge on any atom is -0.359 e. The molecule has 0 radical (unpaired) electrons. The van der Waals surface area contributed by atoms with Crippen LogP contribution in [0.1, 0.15) is 77.2 Å². The van der Waals surface area contributed by atoms with Crippen molar-refractivity contribution in [1.82, 2.24) is 36.1 Å². The van der Waals surface area contributed by atoms with Crippen LogP contribution in [0.25, 0.3) is 0 Å². The molecule has 2 aliphatic carbocycles. The van der Waals surface area contributed by atoms with Crippen LogP contribution in [0.15, 0.2) is 18.6 Å². The third-order valence-corrected chi connectivity index (χ3v) is 9.35. The van der Waals surface area contributed by atoms with Gasteiger partial charge >= 0.3 is 0 Å². The highest BCUT2D eigenvalue weighted by Gasteiger charge is 2.55. The summed E-state index contributed by atoms with van der Waals surface area (Å²) in [6, 6.07) is -4.05. The molecular weight excluding hydrogens is 622 g/mol. The summed E-state index contributed by atoms with van der Waals surface area (Å²) >= 11 is 0. The predicted octanol–water partition coefficient (Wildman–Crippen LogP) is 0.340. The number of nitrogens with zero attached hydrogens (tertiary/aromatic N) is 3. The van der Waals surface area contributed by atoms with Crippen LogP contribution >= 0.6 is 0 Å². The molecule has 1 aromatic heterocycles. The summed E-state index contributed by atoms with van der Waals surface area (Å²) in [6.45, 7) is 9.06. The lowest BCUT2D eigenvalue weighted by Crippen LogP contribution is -2.60. The smallest absolute Gasteiger partial charge is 0.289 e. The topological polar surface area (TPSA) is 198 Å². The first kappa shape index (κ1) is 36.8. The molecule has 1 saturated heterocycles. The second-order valence-corrected chi connectivity index (χ2v) is 13.5. The normalized spacial score (nSPS) is 23.6. The number of rotatable bonds is 16. The number of methoxy groups -OCH3 is 1. The van der Waals surface area contributed by atoms with Crippen molar-refractivity contribution in [3.63, 3.8) is 0 Å². The van der Waals surface area contributed by atoms with E-state index in [0.29, 0.717) is 12.8 Å². The van der Waals surface area contributed by atoms with Crippen molar-refractivity contribution in [2.75, 3.05) is 20.4 Å². The number of ketones is 1. The van der Waals surface area contributed by atoms with Crippen molar-refractivity contribution in [3.8, 4) is 0 Å². The number of carbonyl (C=O) groups is 6. The van der Waals surface area contributed by atoms with E-state index < -0.39 is 59.5 Å². The molecule has 2 heterocycles. The zero-order chi connectivity index (χ0) is 35.1. The lowest BCUT2D eigenvalue weighted by atomic mass is 9.92. The van der Waals surface area contributed by atoms with Gasteiger partial charge in [0.15, 0.2) is 0 Å². The van der Waals surface area contributed by atoms with Gasteiger partial charge in [-0.1, -0.05) is 34.6 Å². The summed E-state index contributed by atoms with van der Waals surface area (Å²) < 4.78 is 11.0. The van der Waals surface area contributed by atoms with Gasteiger partial charge in [-0.2, -0.15) is 0 Å². The zero-order valence-electron chi connectivity index (χ0n) is 28.6. The minimum atomic E-state index is -1.06. The van der Waals surface area contributed by atoms with Crippen LogP contribution in [0.4, 0.5) is 0 Å². The van der Waals surface area contributed by atoms with Gasteiger partial charge in [-0.05, 0) is 49.9 Å². The number of hydrogen-bond donors (Lipinski definition) is 4. The highest BCUT2D eigenvalue weighted by molar-refractivity contribution is 6.38. The van der Waals surface area contributed by atoms with Crippen LogP contribution < -0.4 is 21.3 Å². The fraction of sp³-hybridized carbons (Fsp3) is 0.697. The Balaban J connectivity index is 1.55. The molecule has 1 aromatic rings. The minimum absolute atomic E-state index is 0.0142. The first-order valence-corrected chi connectivity index (χ1v) is 16.8. The fourth-order valence-electron chi connectivity index (χ4n) is 6.56. The number of likely N-dealkylation sites (tertiary alicyclic amines) is 1. The van der Waals surface area contributed by atoms with E-state index in [1.54, 1.807) is 34.6 Å². The summed E-state index contributed by atoms with van der Waals surface area (Å²) in [5.74, 6) is -4.79. The molecule has 1 unspecified atom stereocenters. The average molecular weight is 672 g/mol. The molecule has 3 fully saturated rings. The molecule has 5 amide bonds. The average Bonchev–Trinajstić information content (AvgIpc) is 3.67. The summed E-state index contributed by atoms with van der Waals surface area (Å²) in [7, 11) is 1.52. The van der Waals surface area contributed by atoms with Gasteiger partial charge in [-0.15, -0.1) is 0 Å². The van der Waals surface area contributed by atoms with Crippen molar-refractivity contribution in [1.29, 1.82) is 0 Å². The summed E-state index contributed by atoms with van der Waals surface area (Å²) in [4.78, 5) is 89.8. The molecule has 0 aromatic carbocycles. The molecule has 48 heavy (non-hydrogen) atoms. The van der Waals surface area contributed by atoms with Crippen molar-refractivity contribution < 1.29 is 38.2 Å². The molecular formula is C33H49N7O8. The van der Waals surface area contributed by atoms with E-state index in [4.69, 9.17) is 9.47 Å². The highest BCUT2D eigenvalue weighted by atomic mass is 16.7. The van der Waals surface area contributed by atoms with Crippen LogP contribution in [0.5, 0.6) is 0 Å². The van der Waals surface area contributed by atoms with Crippen LogP contribution in [0.3, 0.4) is 0 Å². The standard InChI is InChI=1S/C33H49N7O8/c1-7-22(28(41)32(45)36-19-8-9-19)37-31(44)27-20-10-11-24(48-16-47-6)21(20)15-40(27)33(46)26(18(4)5)39-30(43)25(17(2)3)38-29(42)23-14-34-12-13-35-23/h12-14,17-22,24-27H,7-11,15-16H2,1-6H3,(H,36,45)(H,37,44)(H,38,42)(H,39,43)/t20-,21-,22?,24+,25-,26-,27-/m0/s1. The molecule has 4 N–H and O–H groups in total. The van der Waals surface area contributed by atoms with Gasteiger partial charge in [0, 0.05) is 38.0 Å². The third-order valence-electron chi connectivity index (χ3n) is 9.35. The Bertz CT molecular complexity index is 1340. The Morgan fingerprint density at radius 3 is 2.21 bits per heavy atom. The first-order chi connectivity index (χ1) is 22.9. The van der Waals surface area contributed by atoms with Crippen LogP contribution in [0.2, 0.25) is 0 Å². The van der Waals surface area contributed by atoms with Crippen molar-refractivity contribution >= 4 is 35.3 Å². The maximum absolute atomic E-state index is 14.4. The van der Waals surface area contributed by atoms with Crippen molar-refractivity contribution in [2.24, 2.45) is 23.7 Å². The molecule has 4 rings (SSSR count).